The Labute approximate surface area is 144 Å². The molecule has 2 rings (SSSR count). The van der Waals surface area contributed by atoms with E-state index in [0.717, 1.165) is 17.7 Å². The van der Waals surface area contributed by atoms with Gasteiger partial charge in [-0.3, -0.25) is 0 Å². The summed E-state index contributed by atoms with van der Waals surface area (Å²) >= 11 is 5.90. The first-order valence-corrected chi connectivity index (χ1v) is 7.81. The van der Waals surface area contributed by atoms with E-state index in [1.807, 2.05) is 31.1 Å². The molecule has 2 aromatic carbocycles. The summed E-state index contributed by atoms with van der Waals surface area (Å²) in [5.74, 6) is 0. The zero-order valence-electron chi connectivity index (χ0n) is 13.5. The highest BCUT2D eigenvalue weighted by Crippen LogP contribution is 2.29. The predicted molar refractivity (Wildman–Crippen MR) is 89.0 cm³/mol. The van der Waals surface area contributed by atoms with Crippen LogP contribution in [0.4, 0.5) is 13.2 Å². The largest absolute Gasteiger partial charge is 0.416 e. The van der Waals surface area contributed by atoms with Crippen molar-refractivity contribution in [3.05, 3.63) is 70.2 Å². The average Bonchev–Trinajstić information content (AvgIpc) is 2.51. The van der Waals surface area contributed by atoms with Crippen LogP contribution in [0.2, 0.25) is 5.02 Å². The number of likely N-dealkylation sites (N-methyl/N-ethyl adjacent to an activating group) is 1. The van der Waals surface area contributed by atoms with Crippen molar-refractivity contribution in [3.63, 3.8) is 0 Å². The van der Waals surface area contributed by atoms with E-state index in [1.165, 1.54) is 12.1 Å². The smallest absolute Gasteiger partial charge is 0.368 e. The highest BCUT2D eigenvalue weighted by Gasteiger charge is 2.29. The molecule has 0 fully saturated rings. The molecule has 0 radical (unpaired) electrons. The van der Waals surface area contributed by atoms with Crippen molar-refractivity contribution in [1.82, 2.24) is 4.90 Å². The lowest BCUT2D eigenvalue weighted by Gasteiger charge is -2.22. The summed E-state index contributed by atoms with van der Waals surface area (Å²) in [5, 5.41) is 0.644. The molecule has 0 amide bonds. The molecular weight excluding hydrogens is 339 g/mol. The van der Waals surface area contributed by atoms with Crippen LogP contribution in [0.25, 0.3) is 0 Å². The summed E-state index contributed by atoms with van der Waals surface area (Å²) in [7, 11) is 3.87. The Morgan fingerprint density at radius 2 is 1.58 bits per heavy atom. The van der Waals surface area contributed by atoms with Crippen LogP contribution in [0.15, 0.2) is 48.5 Å². The van der Waals surface area contributed by atoms with Crippen LogP contribution >= 0.6 is 11.6 Å². The second kappa shape index (κ2) is 8.01. The Bertz CT molecular complexity index is 639. The minimum atomic E-state index is -4.32. The average molecular weight is 358 g/mol. The van der Waals surface area contributed by atoms with E-state index in [-0.39, 0.29) is 12.7 Å². The molecule has 0 spiro atoms. The lowest BCUT2D eigenvalue weighted by Crippen LogP contribution is -2.22. The molecule has 0 heterocycles. The molecule has 1 atom stereocenters. The standard InChI is InChI=1S/C18H19ClF3NO/c1-23(2)11-17(14-5-9-16(19)10-6-14)24-12-13-3-7-15(8-4-13)18(20,21)22/h3-10,17H,11-12H2,1-2H3. The van der Waals surface area contributed by atoms with E-state index in [1.54, 1.807) is 12.1 Å². The SMILES string of the molecule is CN(C)CC(OCc1ccc(C(F)(F)F)cc1)c1ccc(Cl)cc1. The molecule has 2 nitrogen and oxygen atoms in total. The van der Waals surface area contributed by atoms with Crippen molar-refractivity contribution in [2.45, 2.75) is 18.9 Å². The van der Waals surface area contributed by atoms with Crippen molar-refractivity contribution >= 4 is 11.6 Å². The first-order chi connectivity index (χ1) is 11.3. The summed E-state index contributed by atoms with van der Waals surface area (Å²) in [4.78, 5) is 1.99. The van der Waals surface area contributed by atoms with E-state index >= 15 is 0 Å². The number of alkyl halides is 3. The van der Waals surface area contributed by atoms with Gasteiger partial charge in [-0.1, -0.05) is 35.9 Å². The summed E-state index contributed by atoms with van der Waals surface area (Å²) in [6.45, 7) is 0.890. The van der Waals surface area contributed by atoms with Crippen LogP contribution in [0.3, 0.4) is 0 Å². The molecule has 0 aromatic heterocycles. The fraction of sp³-hybridized carbons (Fsp3) is 0.333. The van der Waals surface area contributed by atoms with Crippen molar-refractivity contribution in [1.29, 1.82) is 0 Å². The minimum absolute atomic E-state index is 0.195. The van der Waals surface area contributed by atoms with E-state index in [0.29, 0.717) is 17.1 Å². The number of rotatable bonds is 6. The molecule has 0 aliphatic heterocycles. The Balaban J connectivity index is 2.06. The Hall–Kier alpha value is -1.56. The topological polar surface area (TPSA) is 12.5 Å². The van der Waals surface area contributed by atoms with Crippen LogP contribution < -0.4 is 0 Å². The Morgan fingerprint density at radius 1 is 1.00 bits per heavy atom. The third kappa shape index (κ3) is 5.51. The fourth-order valence-corrected chi connectivity index (χ4v) is 2.38. The predicted octanol–water partition coefficient (Wildman–Crippen LogP) is 5.18. The van der Waals surface area contributed by atoms with Crippen LogP contribution in [0.1, 0.15) is 22.8 Å². The number of benzene rings is 2. The number of ether oxygens (including phenoxy) is 1. The van der Waals surface area contributed by atoms with Crippen molar-refractivity contribution in [3.8, 4) is 0 Å². The van der Waals surface area contributed by atoms with Crippen molar-refractivity contribution < 1.29 is 17.9 Å². The Morgan fingerprint density at radius 3 is 2.08 bits per heavy atom. The van der Waals surface area contributed by atoms with Crippen LogP contribution in [-0.4, -0.2) is 25.5 Å². The number of nitrogens with zero attached hydrogens (tertiary/aromatic N) is 1. The van der Waals surface area contributed by atoms with Crippen LogP contribution in [-0.2, 0) is 17.5 Å². The molecule has 0 aliphatic carbocycles. The summed E-state index contributed by atoms with van der Waals surface area (Å²) < 4.78 is 43.7. The van der Waals surface area contributed by atoms with Gasteiger partial charge in [0.2, 0.25) is 0 Å². The molecule has 24 heavy (non-hydrogen) atoms. The number of hydrogen-bond donors (Lipinski definition) is 0. The van der Waals surface area contributed by atoms with E-state index in [4.69, 9.17) is 16.3 Å². The highest BCUT2D eigenvalue weighted by molar-refractivity contribution is 6.30. The molecule has 130 valence electrons. The molecule has 0 aliphatic rings. The van der Waals surface area contributed by atoms with Crippen LogP contribution in [0.5, 0.6) is 0 Å². The zero-order chi connectivity index (χ0) is 17.7. The highest BCUT2D eigenvalue weighted by atomic mass is 35.5. The molecule has 6 heteroatoms. The molecule has 0 saturated carbocycles. The lowest BCUT2D eigenvalue weighted by molar-refractivity contribution is -0.137. The lowest BCUT2D eigenvalue weighted by atomic mass is 10.1. The minimum Gasteiger partial charge on any atom is -0.368 e. The second-order valence-corrected chi connectivity index (χ2v) is 6.24. The van der Waals surface area contributed by atoms with Gasteiger partial charge in [0.15, 0.2) is 0 Å². The molecule has 1 unspecified atom stereocenters. The van der Waals surface area contributed by atoms with Gasteiger partial charge in [-0.05, 0) is 49.5 Å². The van der Waals surface area contributed by atoms with Gasteiger partial charge >= 0.3 is 6.18 Å². The normalized spacial score (nSPS) is 13.3. The van der Waals surface area contributed by atoms with E-state index < -0.39 is 11.7 Å². The number of hydrogen-bond acceptors (Lipinski definition) is 2. The maximum atomic E-state index is 12.6. The van der Waals surface area contributed by atoms with Gasteiger partial charge in [-0.15, -0.1) is 0 Å². The van der Waals surface area contributed by atoms with Gasteiger partial charge in [0.05, 0.1) is 18.3 Å². The third-order valence-corrected chi connectivity index (χ3v) is 3.76. The zero-order valence-corrected chi connectivity index (χ0v) is 14.2. The molecule has 0 saturated heterocycles. The summed E-state index contributed by atoms with van der Waals surface area (Å²) in [5.41, 5.74) is 1.01. The van der Waals surface area contributed by atoms with Gasteiger partial charge in [-0.25, -0.2) is 0 Å². The van der Waals surface area contributed by atoms with E-state index in [2.05, 4.69) is 0 Å². The summed E-state index contributed by atoms with van der Waals surface area (Å²) in [6.07, 6.45) is -4.52. The van der Waals surface area contributed by atoms with Crippen molar-refractivity contribution in [2.24, 2.45) is 0 Å². The third-order valence-electron chi connectivity index (χ3n) is 3.51. The van der Waals surface area contributed by atoms with Crippen LogP contribution in [0, 0.1) is 0 Å². The van der Waals surface area contributed by atoms with E-state index in [9.17, 15) is 13.2 Å². The first-order valence-electron chi connectivity index (χ1n) is 7.43. The first kappa shape index (κ1) is 18.8. The maximum Gasteiger partial charge on any atom is 0.416 e. The molecular formula is C18H19ClF3NO. The van der Waals surface area contributed by atoms with Crippen molar-refractivity contribution in [2.75, 3.05) is 20.6 Å². The molecule has 0 N–H and O–H groups in total. The fourth-order valence-electron chi connectivity index (χ4n) is 2.25. The second-order valence-electron chi connectivity index (χ2n) is 5.81. The quantitative estimate of drug-likeness (QED) is 0.706. The van der Waals surface area contributed by atoms with Gasteiger partial charge in [0, 0.05) is 11.6 Å². The van der Waals surface area contributed by atoms with Gasteiger partial charge in [0.1, 0.15) is 0 Å². The number of halogens is 4. The molecule has 2 aromatic rings. The summed E-state index contributed by atoms with van der Waals surface area (Å²) in [6, 6.07) is 12.4. The van der Waals surface area contributed by atoms with Gasteiger partial charge < -0.3 is 9.64 Å². The Kier molecular flexibility index (Phi) is 6.27. The maximum absolute atomic E-state index is 12.6. The van der Waals surface area contributed by atoms with Gasteiger partial charge in [0.25, 0.3) is 0 Å². The molecule has 0 bridgehead atoms. The van der Waals surface area contributed by atoms with Gasteiger partial charge in [-0.2, -0.15) is 13.2 Å². The monoisotopic (exact) mass is 357 g/mol.